The Hall–Kier alpha value is -3.93. The Labute approximate surface area is 368 Å². The number of allylic oxidation sites excluding steroid dienone is 18. The fraction of sp³-hybridized carbons (Fsp3) is 0.611. The third-order valence-electron chi connectivity index (χ3n) is 9.68. The Morgan fingerprint density at radius 1 is 0.350 bits per heavy atom. The molecule has 0 aromatic rings. The van der Waals surface area contributed by atoms with Gasteiger partial charge in [-0.1, -0.05) is 201 Å². The fourth-order valence-corrected chi connectivity index (χ4v) is 6.10. The minimum absolute atomic E-state index is 0.112. The third kappa shape index (κ3) is 45.2. The molecule has 1 atom stereocenters. The van der Waals surface area contributed by atoms with E-state index in [1.54, 1.807) is 0 Å². The van der Waals surface area contributed by atoms with Crippen molar-refractivity contribution in [1.29, 1.82) is 0 Å². The molecule has 338 valence electrons. The fourth-order valence-electron chi connectivity index (χ4n) is 6.10. The molecule has 6 heteroatoms. The van der Waals surface area contributed by atoms with Crippen LogP contribution in [0.25, 0.3) is 0 Å². The standard InChI is InChI=1S/C54H86O6/c1-4-7-10-13-16-19-22-25-27-30-32-35-38-41-44-47-53(56)59-50-51(49-58-52(55)46-43-40-37-34-31-28-24-21-18-15-12-9-6-3)60-54(57)48-45-42-39-36-33-29-26-23-20-17-14-11-8-5-2/h7,9-10,12-13,15-16,18-19,21-22,24-25,27-29,31,33,51H,4-6,8,11,14,17,20,23,26,30,32,34-50H2,1-3H3/b10-7-,12-9-,16-13-,18-15-,22-19-,24-21-,27-25-,31-28-,33-29-. The van der Waals surface area contributed by atoms with E-state index < -0.39 is 6.10 Å². The van der Waals surface area contributed by atoms with Crippen LogP contribution in [0.5, 0.6) is 0 Å². The Kier molecular flexibility index (Phi) is 44.6. The van der Waals surface area contributed by atoms with Gasteiger partial charge in [0.05, 0.1) is 0 Å². The summed E-state index contributed by atoms with van der Waals surface area (Å²) in [5.74, 6) is -0.998. The summed E-state index contributed by atoms with van der Waals surface area (Å²) in [6, 6.07) is 0. The lowest BCUT2D eigenvalue weighted by molar-refractivity contribution is -0.167. The summed E-state index contributed by atoms with van der Waals surface area (Å²) in [5.41, 5.74) is 0. The Bertz CT molecular complexity index is 1280. The topological polar surface area (TPSA) is 78.9 Å². The second-order valence-corrected chi connectivity index (χ2v) is 15.4. The summed E-state index contributed by atoms with van der Waals surface area (Å²) in [4.78, 5) is 37.9. The highest BCUT2D eigenvalue weighted by atomic mass is 16.6. The maximum atomic E-state index is 12.8. The van der Waals surface area contributed by atoms with Crippen LogP contribution >= 0.6 is 0 Å². The van der Waals surface area contributed by atoms with Crippen LogP contribution in [0, 0.1) is 0 Å². The minimum atomic E-state index is -0.813. The van der Waals surface area contributed by atoms with Gasteiger partial charge in [0.25, 0.3) is 0 Å². The smallest absolute Gasteiger partial charge is 0.306 e. The second-order valence-electron chi connectivity index (χ2n) is 15.4. The SMILES string of the molecule is CC\C=C/C=C\C=C/C=C\CCCCCCCC(=O)OCC(COC(=O)CCCCC\C=C/C=C\C=C/C=C\CC)OC(=O)CCCCC/C=C\CCCCCCCCC. The van der Waals surface area contributed by atoms with Gasteiger partial charge in [0, 0.05) is 19.3 Å². The number of hydrogen-bond donors (Lipinski definition) is 0. The normalized spacial score (nSPS) is 13.1. The van der Waals surface area contributed by atoms with Crippen LogP contribution in [0.15, 0.2) is 109 Å². The predicted molar refractivity (Wildman–Crippen MR) is 256 cm³/mol. The van der Waals surface area contributed by atoms with Crippen molar-refractivity contribution < 1.29 is 28.6 Å². The lowest BCUT2D eigenvalue weighted by Crippen LogP contribution is -2.30. The molecule has 60 heavy (non-hydrogen) atoms. The molecule has 0 saturated carbocycles. The summed E-state index contributed by atoms with van der Waals surface area (Å²) in [6.07, 6.45) is 63.5. The van der Waals surface area contributed by atoms with Crippen LogP contribution in [0.3, 0.4) is 0 Å². The molecule has 0 N–H and O–H groups in total. The molecule has 1 unspecified atom stereocenters. The largest absolute Gasteiger partial charge is 0.462 e. The second kappa shape index (κ2) is 47.7. The van der Waals surface area contributed by atoms with E-state index in [0.29, 0.717) is 12.8 Å². The van der Waals surface area contributed by atoms with Gasteiger partial charge in [-0.05, 0) is 83.5 Å². The number of carbonyl (C=O) groups excluding carboxylic acids is 3. The van der Waals surface area contributed by atoms with Gasteiger partial charge in [-0.15, -0.1) is 0 Å². The molecule has 0 rings (SSSR count). The molecular weight excluding hydrogens is 745 g/mol. The average Bonchev–Trinajstić information content (AvgIpc) is 3.24. The molecule has 0 aliphatic heterocycles. The first-order valence-electron chi connectivity index (χ1n) is 24.0. The number of hydrogen-bond acceptors (Lipinski definition) is 6. The van der Waals surface area contributed by atoms with Gasteiger partial charge in [0.1, 0.15) is 13.2 Å². The average molecular weight is 831 g/mol. The Morgan fingerprint density at radius 2 is 0.667 bits per heavy atom. The van der Waals surface area contributed by atoms with Crippen molar-refractivity contribution in [3.05, 3.63) is 109 Å². The zero-order chi connectivity index (χ0) is 43.7. The van der Waals surface area contributed by atoms with E-state index in [2.05, 4.69) is 69.4 Å². The van der Waals surface area contributed by atoms with Crippen molar-refractivity contribution in [2.45, 2.75) is 200 Å². The molecule has 0 aromatic carbocycles. The van der Waals surface area contributed by atoms with Gasteiger partial charge in [-0.2, -0.15) is 0 Å². The Balaban J connectivity index is 4.53. The van der Waals surface area contributed by atoms with E-state index >= 15 is 0 Å². The zero-order valence-electron chi connectivity index (χ0n) is 38.4. The maximum absolute atomic E-state index is 12.8. The highest BCUT2D eigenvalue weighted by Gasteiger charge is 2.19. The van der Waals surface area contributed by atoms with E-state index in [4.69, 9.17) is 14.2 Å². The highest BCUT2D eigenvalue weighted by Crippen LogP contribution is 2.12. The molecule has 0 aliphatic rings. The monoisotopic (exact) mass is 831 g/mol. The van der Waals surface area contributed by atoms with E-state index in [9.17, 15) is 14.4 Å². The number of unbranched alkanes of at least 4 members (excludes halogenated alkanes) is 18. The third-order valence-corrected chi connectivity index (χ3v) is 9.68. The van der Waals surface area contributed by atoms with Crippen molar-refractivity contribution >= 4 is 17.9 Å². The molecule has 0 fully saturated rings. The van der Waals surface area contributed by atoms with Gasteiger partial charge in [-0.25, -0.2) is 0 Å². The van der Waals surface area contributed by atoms with Crippen molar-refractivity contribution in [2.24, 2.45) is 0 Å². The van der Waals surface area contributed by atoms with E-state index in [-0.39, 0.29) is 37.5 Å². The highest BCUT2D eigenvalue weighted by molar-refractivity contribution is 5.71. The van der Waals surface area contributed by atoms with Gasteiger partial charge >= 0.3 is 17.9 Å². The van der Waals surface area contributed by atoms with Crippen molar-refractivity contribution in [2.75, 3.05) is 13.2 Å². The van der Waals surface area contributed by atoms with Crippen molar-refractivity contribution in [3.8, 4) is 0 Å². The zero-order valence-corrected chi connectivity index (χ0v) is 38.4. The van der Waals surface area contributed by atoms with E-state index in [1.807, 2.05) is 60.8 Å². The van der Waals surface area contributed by atoms with Crippen LogP contribution in [0.1, 0.15) is 194 Å². The summed E-state index contributed by atoms with van der Waals surface area (Å²) in [6.45, 7) is 6.26. The first kappa shape index (κ1) is 56.1. The molecule has 0 spiro atoms. The minimum Gasteiger partial charge on any atom is -0.462 e. The molecule has 0 heterocycles. The number of rotatable bonds is 41. The molecule has 0 aromatic heterocycles. The van der Waals surface area contributed by atoms with Gasteiger partial charge in [0.15, 0.2) is 6.10 Å². The van der Waals surface area contributed by atoms with Gasteiger partial charge in [-0.3, -0.25) is 14.4 Å². The number of esters is 3. The lowest BCUT2D eigenvalue weighted by Gasteiger charge is -2.18. The predicted octanol–water partition coefficient (Wildman–Crippen LogP) is 15.6. The first-order chi connectivity index (χ1) is 29.5. The first-order valence-corrected chi connectivity index (χ1v) is 24.0. The summed E-state index contributed by atoms with van der Waals surface area (Å²) in [5, 5.41) is 0. The summed E-state index contributed by atoms with van der Waals surface area (Å²) < 4.78 is 16.7. The van der Waals surface area contributed by atoms with Crippen LogP contribution in [0.4, 0.5) is 0 Å². The number of ether oxygens (including phenoxy) is 3. The molecule has 0 amide bonds. The van der Waals surface area contributed by atoms with Crippen LogP contribution in [-0.4, -0.2) is 37.2 Å². The maximum Gasteiger partial charge on any atom is 0.306 e. The molecule has 6 nitrogen and oxygen atoms in total. The molecule has 0 saturated heterocycles. The van der Waals surface area contributed by atoms with Gasteiger partial charge in [0.2, 0.25) is 0 Å². The number of carbonyl (C=O) groups is 3. The van der Waals surface area contributed by atoms with E-state index in [1.165, 1.54) is 44.9 Å². The Morgan fingerprint density at radius 3 is 1.08 bits per heavy atom. The molecule has 0 radical (unpaired) electrons. The van der Waals surface area contributed by atoms with Crippen LogP contribution < -0.4 is 0 Å². The van der Waals surface area contributed by atoms with Crippen molar-refractivity contribution in [1.82, 2.24) is 0 Å². The van der Waals surface area contributed by atoms with Crippen LogP contribution in [0.2, 0.25) is 0 Å². The summed E-state index contributed by atoms with van der Waals surface area (Å²) in [7, 11) is 0. The molecule has 0 aliphatic carbocycles. The van der Waals surface area contributed by atoms with Crippen molar-refractivity contribution in [3.63, 3.8) is 0 Å². The van der Waals surface area contributed by atoms with Gasteiger partial charge < -0.3 is 14.2 Å². The van der Waals surface area contributed by atoms with Crippen LogP contribution in [-0.2, 0) is 28.6 Å². The molecule has 0 bridgehead atoms. The van der Waals surface area contributed by atoms with E-state index in [0.717, 1.165) is 109 Å². The summed E-state index contributed by atoms with van der Waals surface area (Å²) >= 11 is 0. The quantitative estimate of drug-likeness (QED) is 0.0201. The molecular formula is C54H86O6. The lowest BCUT2D eigenvalue weighted by atomic mass is 10.1.